The molecule has 5 heteroatoms. The molecule has 2 rings (SSSR count). The summed E-state index contributed by atoms with van der Waals surface area (Å²) < 4.78 is 13.5. The van der Waals surface area contributed by atoms with Crippen LogP contribution in [-0.4, -0.2) is 25.5 Å². The number of hydrogen-bond donors (Lipinski definition) is 1. The minimum Gasteiger partial charge on any atom is -0.308 e. The molecule has 0 radical (unpaired) electrons. The summed E-state index contributed by atoms with van der Waals surface area (Å²) in [6.07, 6.45) is 0. The Morgan fingerprint density at radius 1 is 1.33 bits per heavy atom. The quantitative estimate of drug-likeness (QED) is 0.841. The first-order valence-corrected chi connectivity index (χ1v) is 8.13. The van der Waals surface area contributed by atoms with E-state index in [1.54, 1.807) is 17.4 Å². The van der Waals surface area contributed by atoms with E-state index in [0.717, 1.165) is 12.1 Å². The predicted octanol–water partition coefficient (Wildman–Crippen LogP) is 4.49. The molecule has 2 aromatic rings. The summed E-state index contributed by atoms with van der Waals surface area (Å²) in [6.45, 7) is 2.84. The fourth-order valence-corrected chi connectivity index (χ4v) is 3.25. The maximum absolute atomic E-state index is 13.5. The molecule has 0 aliphatic rings. The van der Waals surface area contributed by atoms with Crippen molar-refractivity contribution in [1.29, 1.82) is 0 Å². The van der Waals surface area contributed by atoms with Crippen LogP contribution < -0.4 is 5.32 Å². The minimum atomic E-state index is -0.370. The Balaban J connectivity index is 2.01. The third-order valence-corrected chi connectivity index (χ3v) is 4.84. The highest BCUT2D eigenvalue weighted by atomic mass is 35.5. The average molecular weight is 327 g/mol. The van der Waals surface area contributed by atoms with Gasteiger partial charge in [0.1, 0.15) is 5.82 Å². The van der Waals surface area contributed by atoms with E-state index in [4.69, 9.17) is 11.6 Å². The Morgan fingerprint density at radius 3 is 2.67 bits per heavy atom. The van der Waals surface area contributed by atoms with Crippen molar-refractivity contribution >= 4 is 22.9 Å². The number of nitrogens with one attached hydrogen (secondary N) is 1. The molecule has 114 valence electrons. The molecule has 1 heterocycles. The van der Waals surface area contributed by atoms with Crippen LogP contribution in [0, 0.1) is 5.82 Å². The van der Waals surface area contributed by atoms with Crippen LogP contribution in [0.4, 0.5) is 4.39 Å². The Kier molecular flexibility index (Phi) is 5.76. The lowest BCUT2D eigenvalue weighted by molar-refractivity contribution is 0.285. The van der Waals surface area contributed by atoms with Crippen LogP contribution in [-0.2, 0) is 0 Å². The smallest absolute Gasteiger partial charge is 0.142 e. The molecule has 2 nitrogen and oxygen atoms in total. The van der Waals surface area contributed by atoms with E-state index in [9.17, 15) is 4.39 Å². The highest BCUT2D eigenvalue weighted by Gasteiger charge is 2.16. The fraction of sp³-hybridized carbons (Fsp3) is 0.375. The van der Waals surface area contributed by atoms with Crippen LogP contribution in [0.5, 0.6) is 0 Å². The molecule has 1 aromatic carbocycles. The van der Waals surface area contributed by atoms with Crippen LogP contribution in [0.25, 0.3) is 0 Å². The van der Waals surface area contributed by atoms with Gasteiger partial charge in [-0.25, -0.2) is 4.39 Å². The Bertz CT molecular complexity index is 572. The lowest BCUT2D eigenvalue weighted by atomic mass is 10.1. The zero-order valence-electron chi connectivity index (χ0n) is 12.4. The van der Waals surface area contributed by atoms with Crippen molar-refractivity contribution in [3.63, 3.8) is 0 Å². The van der Waals surface area contributed by atoms with Crippen LogP contribution >= 0.6 is 22.9 Å². The lowest BCUT2D eigenvalue weighted by Crippen LogP contribution is -2.32. The molecule has 0 spiro atoms. The van der Waals surface area contributed by atoms with Crippen molar-refractivity contribution < 1.29 is 4.39 Å². The van der Waals surface area contributed by atoms with E-state index in [-0.39, 0.29) is 16.9 Å². The first-order valence-electron chi connectivity index (χ1n) is 6.87. The summed E-state index contributed by atoms with van der Waals surface area (Å²) in [6, 6.07) is 9.55. The van der Waals surface area contributed by atoms with Gasteiger partial charge in [-0.2, -0.15) is 0 Å². The monoisotopic (exact) mass is 326 g/mol. The van der Waals surface area contributed by atoms with E-state index >= 15 is 0 Å². The average Bonchev–Trinajstić information content (AvgIpc) is 2.95. The molecule has 1 N–H and O–H groups in total. The van der Waals surface area contributed by atoms with Crippen molar-refractivity contribution in [3.05, 3.63) is 57.0 Å². The summed E-state index contributed by atoms with van der Waals surface area (Å²) in [7, 11) is 4.14. The van der Waals surface area contributed by atoms with E-state index < -0.39 is 0 Å². The SMILES string of the molecule is CC(NCC(c1cccs1)N(C)C)c1ccc(Cl)c(F)c1. The number of rotatable bonds is 6. The number of benzene rings is 1. The van der Waals surface area contributed by atoms with Crippen LogP contribution in [0.2, 0.25) is 5.02 Å². The van der Waals surface area contributed by atoms with Crippen molar-refractivity contribution in [2.24, 2.45) is 0 Å². The largest absolute Gasteiger partial charge is 0.308 e. The second-order valence-electron chi connectivity index (χ2n) is 5.30. The summed E-state index contributed by atoms with van der Waals surface area (Å²) >= 11 is 7.47. The fourth-order valence-electron chi connectivity index (χ4n) is 2.21. The minimum absolute atomic E-state index is 0.0687. The van der Waals surface area contributed by atoms with Crippen molar-refractivity contribution in [2.45, 2.75) is 19.0 Å². The second kappa shape index (κ2) is 7.36. The summed E-state index contributed by atoms with van der Waals surface area (Å²) in [4.78, 5) is 3.51. The molecule has 0 amide bonds. The number of likely N-dealkylation sites (N-methyl/N-ethyl adjacent to an activating group) is 1. The molecule has 0 saturated carbocycles. The van der Waals surface area contributed by atoms with Crippen molar-refractivity contribution in [1.82, 2.24) is 10.2 Å². The summed E-state index contributed by atoms with van der Waals surface area (Å²) in [5, 5.41) is 5.72. The van der Waals surface area contributed by atoms with Gasteiger partial charge in [0, 0.05) is 17.5 Å². The predicted molar refractivity (Wildman–Crippen MR) is 88.6 cm³/mol. The Morgan fingerprint density at radius 2 is 2.10 bits per heavy atom. The molecule has 0 fully saturated rings. The molecular formula is C16H20ClFN2S. The van der Waals surface area contributed by atoms with Crippen LogP contribution in [0.1, 0.15) is 29.4 Å². The maximum Gasteiger partial charge on any atom is 0.142 e. The third kappa shape index (κ3) is 4.27. The van der Waals surface area contributed by atoms with Crippen molar-refractivity contribution in [3.8, 4) is 0 Å². The normalized spacial score (nSPS) is 14.4. The standard InChI is InChI=1S/C16H20ClFN2S/c1-11(12-6-7-13(17)14(18)9-12)19-10-15(20(2)3)16-5-4-8-21-16/h4-9,11,15,19H,10H2,1-3H3. The zero-order valence-corrected chi connectivity index (χ0v) is 14.0. The van der Waals surface area contributed by atoms with Crippen molar-refractivity contribution in [2.75, 3.05) is 20.6 Å². The molecule has 0 aliphatic heterocycles. The lowest BCUT2D eigenvalue weighted by Gasteiger charge is -2.26. The van der Waals surface area contributed by atoms with Gasteiger partial charge in [0.15, 0.2) is 0 Å². The van der Waals surface area contributed by atoms with Gasteiger partial charge in [0.05, 0.1) is 11.1 Å². The van der Waals surface area contributed by atoms with E-state index in [0.29, 0.717) is 6.04 Å². The number of thiophene rings is 1. The summed E-state index contributed by atoms with van der Waals surface area (Å²) in [5.41, 5.74) is 0.903. The molecule has 21 heavy (non-hydrogen) atoms. The first-order chi connectivity index (χ1) is 9.99. The number of halogens is 2. The first kappa shape index (κ1) is 16.4. The molecule has 1 aromatic heterocycles. The topological polar surface area (TPSA) is 15.3 Å². The van der Waals surface area contributed by atoms with Crippen LogP contribution in [0.15, 0.2) is 35.7 Å². The van der Waals surface area contributed by atoms with E-state index in [1.807, 2.05) is 13.0 Å². The van der Waals surface area contributed by atoms with E-state index in [1.165, 1.54) is 10.9 Å². The van der Waals surface area contributed by atoms with Gasteiger partial charge < -0.3 is 10.2 Å². The Labute approximate surface area is 134 Å². The molecular weight excluding hydrogens is 307 g/mol. The number of nitrogens with zero attached hydrogens (tertiary/aromatic N) is 1. The second-order valence-corrected chi connectivity index (χ2v) is 6.68. The highest BCUT2D eigenvalue weighted by Crippen LogP contribution is 2.24. The van der Waals surface area contributed by atoms with Gasteiger partial charge in [0.25, 0.3) is 0 Å². The highest BCUT2D eigenvalue weighted by molar-refractivity contribution is 7.10. The van der Waals surface area contributed by atoms with Gasteiger partial charge in [0.2, 0.25) is 0 Å². The van der Waals surface area contributed by atoms with Gasteiger partial charge >= 0.3 is 0 Å². The zero-order chi connectivity index (χ0) is 15.4. The molecule has 0 aliphatic carbocycles. The Hall–Kier alpha value is -0.940. The molecule has 0 saturated heterocycles. The van der Waals surface area contributed by atoms with Gasteiger partial charge in [-0.1, -0.05) is 23.7 Å². The third-order valence-electron chi connectivity index (χ3n) is 3.56. The van der Waals surface area contributed by atoms with E-state index in [2.05, 4.69) is 41.8 Å². The molecule has 0 bridgehead atoms. The number of hydrogen-bond acceptors (Lipinski definition) is 3. The van der Waals surface area contributed by atoms with Gasteiger partial charge in [-0.15, -0.1) is 11.3 Å². The summed E-state index contributed by atoms with van der Waals surface area (Å²) in [5.74, 6) is -0.370. The molecule has 2 atom stereocenters. The van der Waals surface area contributed by atoms with Gasteiger partial charge in [-0.05, 0) is 50.2 Å². The van der Waals surface area contributed by atoms with Gasteiger partial charge in [-0.3, -0.25) is 0 Å². The molecule has 2 unspecified atom stereocenters. The van der Waals surface area contributed by atoms with Crippen LogP contribution in [0.3, 0.4) is 0 Å². The maximum atomic E-state index is 13.5.